The highest BCUT2D eigenvalue weighted by Crippen LogP contribution is 2.63. The molecule has 3 heterocycles. The lowest BCUT2D eigenvalue weighted by Crippen LogP contribution is -2.60. The molecule has 3 amide bonds. The molecule has 3 aliphatic rings. The molecule has 3 saturated heterocycles. The van der Waals surface area contributed by atoms with Crippen molar-refractivity contribution >= 4 is 23.4 Å². The molecule has 174 valence electrons. The highest BCUT2D eigenvalue weighted by molar-refractivity contribution is 6.02. The van der Waals surface area contributed by atoms with E-state index in [4.69, 9.17) is 4.74 Å². The van der Waals surface area contributed by atoms with Crippen LogP contribution in [-0.2, 0) is 19.1 Å². The summed E-state index contributed by atoms with van der Waals surface area (Å²) >= 11 is 0. The van der Waals surface area contributed by atoms with E-state index in [2.05, 4.69) is 10.6 Å². The van der Waals surface area contributed by atoms with Gasteiger partial charge in [-0.3, -0.25) is 14.4 Å². The van der Waals surface area contributed by atoms with Gasteiger partial charge in [0.2, 0.25) is 17.7 Å². The van der Waals surface area contributed by atoms with Crippen molar-refractivity contribution in [2.24, 2.45) is 11.8 Å². The van der Waals surface area contributed by atoms with Gasteiger partial charge in [-0.1, -0.05) is 18.2 Å². The lowest BCUT2D eigenvalue weighted by Gasteiger charge is -2.37. The molecule has 4 rings (SSSR count). The van der Waals surface area contributed by atoms with Gasteiger partial charge < -0.3 is 25.4 Å². The van der Waals surface area contributed by atoms with Crippen LogP contribution in [-0.4, -0.2) is 63.2 Å². The molecule has 6 atom stereocenters. The topological polar surface area (TPSA) is 108 Å². The summed E-state index contributed by atoms with van der Waals surface area (Å²) in [6.07, 6.45) is 1.08. The van der Waals surface area contributed by atoms with E-state index in [1.165, 1.54) is 4.90 Å². The fourth-order valence-corrected chi connectivity index (χ4v) is 5.81. The fraction of sp³-hybridized carbons (Fsp3) is 0.625. The van der Waals surface area contributed by atoms with Gasteiger partial charge in [0.15, 0.2) is 0 Å². The van der Waals surface area contributed by atoms with Crippen molar-refractivity contribution in [2.45, 2.75) is 76.3 Å². The summed E-state index contributed by atoms with van der Waals surface area (Å²) in [5, 5.41) is 15.8. The summed E-state index contributed by atoms with van der Waals surface area (Å²) < 4.78 is 6.52. The van der Waals surface area contributed by atoms with Gasteiger partial charge in [0.25, 0.3) is 0 Å². The summed E-state index contributed by atoms with van der Waals surface area (Å²) in [4.78, 5) is 42.1. The van der Waals surface area contributed by atoms with E-state index in [1.807, 2.05) is 45.9 Å². The number of nitrogens with one attached hydrogen (secondary N) is 2. The highest BCUT2D eigenvalue weighted by Gasteiger charge is 2.78. The smallest absolute Gasteiger partial charge is 0.246 e. The number of carbonyl (C=O) groups is 3. The van der Waals surface area contributed by atoms with Crippen LogP contribution in [0.2, 0.25) is 0 Å². The van der Waals surface area contributed by atoms with Gasteiger partial charge in [-0.05, 0) is 59.6 Å². The fourth-order valence-electron chi connectivity index (χ4n) is 5.81. The van der Waals surface area contributed by atoms with E-state index in [9.17, 15) is 19.5 Å². The average Bonchev–Trinajstić information content (AvgIpc) is 3.27. The number of benzene rings is 1. The first-order valence-electron chi connectivity index (χ1n) is 11.2. The largest absolute Gasteiger partial charge is 0.394 e. The lowest BCUT2D eigenvalue weighted by atomic mass is 9.66. The van der Waals surface area contributed by atoms with Gasteiger partial charge in [0.05, 0.1) is 30.1 Å². The molecular weight excluding hydrogens is 410 g/mol. The van der Waals surface area contributed by atoms with Crippen molar-refractivity contribution in [1.82, 2.24) is 10.2 Å². The Morgan fingerprint density at radius 3 is 2.47 bits per heavy atom. The van der Waals surface area contributed by atoms with E-state index >= 15 is 0 Å². The van der Waals surface area contributed by atoms with E-state index < -0.39 is 40.7 Å². The predicted molar refractivity (Wildman–Crippen MR) is 119 cm³/mol. The molecule has 3 N–H and O–H groups in total. The molecule has 3 aliphatic heterocycles. The minimum atomic E-state index is -1.09. The molecule has 3 fully saturated rings. The van der Waals surface area contributed by atoms with Crippen molar-refractivity contribution in [2.75, 3.05) is 11.9 Å². The van der Waals surface area contributed by atoms with Gasteiger partial charge in [-0.2, -0.15) is 0 Å². The average molecular weight is 444 g/mol. The molecule has 32 heavy (non-hydrogen) atoms. The van der Waals surface area contributed by atoms with Crippen molar-refractivity contribution in [3.63, 3.8) is 0 Å². The molecule has 2 unspecified atom stereocenters. The number of rotatable bonds is 5. The first-order valence-corrected chi connectivity index (χ1v) is 11.2. The van der Waals surface area contributed by atoms with Crippen LogP contribution in [0.3, 0.4) is 0 Å². The third-order valence-corrected chi connectivity index (χ3v) is 7.02. The Balaban J connectivity index is 1.74. The highest BCUT2D eigenvalue weighted by atomic mass is 16.5. The number of hydrogen-bond donors (Lipinski definition) is 3. The number of para-hydroxylation sites is 1. The number of nitrogens with zero attached hydrogens (tertiary/aromatic N) is 1. The summed E-state index contributed by atoms with van der Waals surface area (Å²) in [6.45, 7) is 8.91. The summed E-state index contributed by atoms with van der Waals surface area (Å²) in [5.74, 6) is -2.43. The maximum absolute atomic E-state index is 13.7. The molecule has 1 spiro atoms. The number of fused-ring (bicyclic) bond motifs is 1. The number of amides is 3. The Morgan fingerprint density at radius 1 is 1.22 bits per heavy atom. The SMILES string of the molecule is C[C@H](CO)N1C(=O)[C@@H]2[C@@H](C(=O)Nc3ccccc3)[C@@]3(C)CCC2(O3)C1C(=O)NC(C)(C)C. The van der Waals surface area contributed by atoms with Crippen molar-refractivity contribution < 1.29 is 24.2 Å². The summed E-state index contributed by atoms with van der Waals surface area (Å²) in [7, 11) is 0. The van der Waals surface area contributed by atoms with E-state index in [0.29, 0.717) is 18.5 Å². The quantitative estimate of drug-likeness (QED) is 0.642. The molecule has 2 bridgehead atoms. The number of anilines is 1. The normalized spacial score (nSPS) is 34.4. The van der Waals surface area contributed by atoms with Crippen molar-refractivity contribution in [3.8, 4) is 0 Å². The zero-order chi connectivity index (χ0) is 23.5. The van der Waals surface area contributed by atoms with Crippen LogP contribution >= 0.6 is 0 Å². The van der Waals surface area contributed by atoms with E-state index in [-0.39, 0.29) is 24.3 Å². The van der Waals surface area contributed by atoms with Crippen LogP contribution in [0.25, 0.3) is 0 Å². The number of ether oxygens (including phenoxy) is 1. The Morgan fingerprint density at radius 2 is 1.88 bits per heavy atom. The second-order valence-electron chi connectivity index (χ2n) is 10.6. The van der Waals surface area contributed by atoms with Gasteiger partial charge >= 0.3 is 0 Å². The van der Waals surface area contributed by atoms with Crippen LogP contribution in [0.15, 0.2) is 30.3 Å². The Hall–Kier alpha value is -2.45. The molecule has 8 nitrogen and oxygen atoms in total. The van der Waals surface area contributed by atoms with Crippen LogP contribution in [0, 0.1) is 11.8 Å². The first kappa shape index (κ1) is 22.7. The monoisotopic (exact) mass is 443 g/mol. The van der Waals surface area contributed by atoms with Crippen molar-refractivity contribution in [1.29, 1.82) is 0 Å². The molecule has 1 aromatic carbocycles. The molecule has 0 radical (unpaired) electrons. The molecular formula is C24H33N3O5. The minimum absolute atomic E-state index is 0.285. The number of carbonyl (C=O) groups excluding carboxylic acids is 3. The predicted octanol–water partition coefficient (Wildman–Crippen LogP) is 1.69. The molecule has 0 aromatic heterocycles. The summed E-state index contributed by atoms with van der Waals surface area (Å²) in [6, 6.07) is 7.62. The van der Waals surface area contributed by atoms with E-state index in [0.717, 1.165) is 0 Å². The van der Waals surface area contributed by atoms with Gasteiger partial charge in [-0.15, -0.1) is 0 Å². The first-order chi connectivity index (χ1) is 14.9. The zero-order valence-electron chi connectivity index (χ0n) is 19.3. The second-order valence-corrected chi connectivity index (χ2v) is 10.6. The molecule has 0 aliphatic carbocycles. The van der Waals surface area contributed by atoms with Crippen LogP contribution in [0.4, 0.5) is 5.69 Å². The number of aliphatic hydroxyl groups is 1. The van der Waals surface area contributed by atoms with Crippen LogP contribution in [0.1, 0.15) is 47.5 Å². The lowest BCUT2D eigenvalue weighted by molar-refractivity contribution is -0.149. The third kappa shape index (κ3) is 3.40. The molecule has 0 saturated carbocycles. The maximum Gasteiger partial charge on any atom is 0.246 e. The zero-order valence-corrected chi connectivity index (χ0v) is 19.3. The third-order valence-electron chi connectivity index (χ3n) is 7.02. The number of hydrogen-bond acceptors (Lipinski definition) is 5. The Kier molecular flexibility index (Phi) is 5.37. The molecule has 8 heteroatoms. The van der Waals surface area contributed by atoms with E-state index in [1.54, 1.807) is 19.1 Å². The van der Waals surface area contributed by atoms with Crippen molar-refractivity contribution in [3.05, 3.63) is 30.3 Å². The minimum Gasteiger partial charge on any atom is -0.394 e. The number of likely N-dealkylation sites (tertiary alicyclic amines) is 1. The Labute approximate surface area is 188 Å². The second kappa shape index (κ2) is 7.56. The van der Waals surface area contributed by atoms with Gasteiger partial charge in [0.1, 0.15) is 11.6 Å². The van der Waals surface area contributed by atoms with Gasteiger partial charge in [0, 0.05) is 11.2 Å². The summed E-state index contributed by atoms with van der Waals surface area (Å²) in [5.41, 5.74) is -1.80. The van der Waals surface area contributed by atoms with Crippen LogP contribution < -0.4 is 10.6 Å². The van der Waals surface area contributed by atoms with Gasteiger partial charge in [-0.25, -0.2) is 0 Å². The standard InChI is InChI=1S/C24H33N3O5/c1-14(13-28)27-18(20(30)26-22(2,3)4)24-12-11-23(5,32-24)16(17(24)21(27)31)19(29)25-15-9-7-6-8-10-15/h6-10,14,16-18,28H,11-13H2,1-5H3,(H,25,29)(H,26,30)/t14-,16+,17+,18?,23-,24?/m1/s1. The van der Waals surface area contributed by atoms with Crippen LogP contribution in [0.5, 0.6) is 0 Å². The number of aliphatic hydroxyl groups excluding tert-OH is 1. The maximum atomic E-state index is 13.7. The Bertz CT molecular complexity index is 929. The molecule has 1 aromatic rings.